The number of halogens is 2. The Morgan fingerprint density at radius 1 is 1.16 bits per heavy atom. The highest BCUT2D eigenvalue weighted by Crippen LogP contribution is 2.27. The van der Waals surface area contributed by atoms with Crippen molar-refractivity contribution in [2.45, 2.75) is 64.5 Å². The third-order valence-corrected chi connectivity index (χ3v) is 7.87. The summed E-state index contributed by atoms with van der Waals surface area (Å²) in [5, 5.41) is 3.77. The summed E-state index contributed by atoms with van der Waals surface area (Å²) in [4.78, 5) is 27.1. The molecule has 2 atom stereocenters. The molecule has 2 unspecified atom stereocenters. The normalized spacial score (nSPS) is 16.6. The average molecular weight is 585 g/mol. The van der Waals surface area contributed by atoms with Crippen molar-refractivity contribution < 1.29 is 23.1 Å². The molecule has 0 aromatic heterocycles. The van der Waals surface area contributed by atoms with Gasteiger partial charge in [0, 0.05) is 31.2 Å². The first kappa shape index (κ1) is 30.2. The smallest absolute Gasteiger partial charge is 0.410 e. The molecule has 2 N–H and O–H groups in total. The number of piperidine rings is 1. The Balaban J connectivity index is 1.55. The molecule has 1 heterocycles. The second kappa shape index (κ2) is 13.6. The molecule has 1 aliphatic rings. The fourth-order valence-electron chi connectivity index (χ4n) is 4.36. The zero-order valence-electron chi connectivity index (χ0n) is 21.9. The molecule has 38 heavy (non-hydrogen) atoms. The van der Waals surface area contributed by atoms with Gasteiger partial charge in [0.1, 0.15) is 5.60 Å². The van der Waals surface area contributed by atoms with Crippen LogP contribution in [0.1, 0.15) is 62.4 Å². The van der Waals surface area contributed by atoms with Crippen LogP contribution in [0.15, 0.2) is 42.5 Å². The molecule has 3 rings (SSSR count). The van der Waals surface area contributed by atoms with Crippen molar-refractivity contribution >= 4 is 52.2 Å². The van der Waals surface area contributed by atoms with E-state index in [-0.39, 0.29) is 24.6 Å². The van der Waals surface area contributed by atoms with E-state index in [0.717, 1.165) is 24.8 Å². The number of benzene rings is 2. The molecule has 0 aliphatic carbocycles. The molecule has 2 aromatic rings. The van der Waals surface area contributed by atoms with Gasteiger partial charge >= 0.3 is 6.09 Å². The Morgan fingerprint density at radius 3 is 2.53 bits per heavy atom. The molecule has 0 saturated carbocycles. The Bertz CT molecular complexity index is 1140. The topological polar surface area (TPSA) is 99.2 Å². The minimum Gasteiger partial charge on any atom is -0.444 e. The number of ether oxygens (including phenoxy) is 1. The highest BCUT2D eigenvalue weighted by Gasteiger charge is 2.30. The van der Waals surface area contributed by atoms with Gasteiger partial charge in [0.15, 0.2) is 0 Å². The molecule has 208 valence electrons. The van der Waals surface area contributed by atoms with E-state index in [0.29, 0.717) is 47.2 Å². The molecule has 2 aromatic carbocycles. The van der Waals surface area contributed by atoms with Crippen molar-refractivity contribution in [3.05, 3.63) is 63.6 Å². The number of carbonyl (C=O) groups is 2. The fourth-order valence-corrected chi connectivity index (χ4v) is 5.32. The number of likely N-dealkylation sites (tertiary alicyclic amines) is 1. The van der Waals surface area contributed by atoms with Gasteiger partial charge in [-0.25, -0.2) is 9.00 Å². The van der Waals surface area contributed by atoms with Crippen molar-refractivity contribution in [1.82, 2.24) is 10.2 Å². The SMILES string of the molecule is CC(C)(C)OC(=O)N1CCCCC1CCNC(=O)c1ccc(N(CCc2cccc(Cl)c2Cl)S(=O)O)cc1. The molecule has 0 spiro atoms. The van der Waals surface area contributed by atoms with Crippen molar-refractivity contribution in [1.29, 1.82) is 0 Å². The van der Waals surface area contributed by atoms with E-state index in [1.54, 1.807) is 41.3 Å². The maximum Gasteiger partial charge on any atom is 0.410 e. The summed E-state index contributed by atoms with van der Waals surface area (Å²) in [5.74, 6) is -0.251. The molecular formula is C27H35Cl2N3O5S. The van der Waals surface area contributed by atoms with Crippen LogP contribution in [0.25, 0.3) is 0 Å². The van der Waals surface area contributed by atoms with Crippen LogP contribution in [0.5, 0.6) is 0 Å². The second-order valence-electron chi connectivity index (χ2n) is 10.2. The summed E-state index contributed by atoms with van der Waals surface area (Å²) in [6, 6.07) is 11.8. The van der Waals surface area contributed by atoms with Crippen LogP contribution in [0.2, 0.25) is 10.0 Å². The van der Waals surface area contributed by atoms with Crippen molar-refractivity contribution in [2.24, 2.45) is 0 Å². The van der Waals surface area contributed by atoms with Gasteiger partial charge in [-0.2, -0.15) is 0 Å². The van der Waals surface area contributed by atoms with Crippen molar-refractivity contribution in [2.75, 3.05) is 23.9 Å². The van der Waals surface area contributed by atoms with Gasteiger partial charge < -0.3 is 15.0 Å². The molecule has 1 saturated heterocycles. The highest BCUT2D eigenvalue weighted by molar-refractivity contribution is 7.80. The van der Waals surface area contributed by atoms with Gasteiger partial charge in [-0.3, -0.25) is 13.7 Å². The predicted octanol–water partition coefficient (Wildman–Crippen LogP) is 6.09. The first-order valence-electron chi connectivity index (χ1n) is 12.7. The summed E-state index contributed by atoms with van der Waals surface area (Å²) < 4.78 is 28.7. The second-order valence-corrected chi connectivity index (χ2v) is 11.9. The number of anilines is 1. The van der Waals surface area contributed by atoms with E-state index < -0.39 is 16.9 Å². The molecule has 8 nitrogen and oxygen atoms in total. The Hall–Kier alpha value is -2.33. The summed E-state index contributed by atoms with van der Waals surface area (Å²) in [5.41, 5.74) is 1.15. The summed E-state index contributed by atoms with van der Waals surface area (Å²) >= 11 is 10.0. The van der Waals surface area contributed by atoms with E-state index in [9.17, 15) is 18.4 Å². The number of nitrogens with zero attached hydrogens (tertiary/aromatic N) is 2. The van der Waals surface area contributed by atoms with Gasteiger partial charge in [0.25, 0.3) is 17.2 Å². The van der Waals surface area contributed by atoms with E-state index in [1.807, 2.05) is 26.8 Å². The van der Waals surface area contributed by atoms with Gasteiger partial charge in [-0.05, 0) is 88.8 Å². The Labute approximate surface area is 237 Å². The number of hydrogen-bond donors (Lipinski definition) is 2. The lowest BCUT2D eigenvalue weighted by Crippen LogP contribution is -2.47. The maximum atomic E-state index is 12.7. The lowest BCUT2D eigenvalue weighted by Gasteiger charge is -2.36. The third kappa shape index (κ3) is 8.59. The standard InChI is InChI=1S/C27H35Cl2N3O5S/c1-27(2,3)37-26(34)31-17-5-4-8-21(31)14-16-30-25(33)20-10-12-22(13-11-20)32(38(35)36)18-15-19-7-6-9-23(28)24(19)29/h6-7,9-13,21H,4-5,8,14-18H2,1-3H3,(H,30,33)(H,35,36). The number of nitrogens with one attached hydrogen (secondary N) is 1. The van der Waals surface area contributed by atoms with Crippen molar-refractivity contribution in [3.63, 3.8) is 0 Å². The van der Waals surface area contributed by atoms with E-state index in [2.05, 4.69) is 5.32 Å². The quantitative estimate of drug-likeness (QED) is 0.348. The number of hydrogen-bond acceptors (Lipinski definition) is 4. The summed E-state index contributed by atoms with van der Waals surface area (Å²) in [6.07, 6.45) is 3.58. The average Bonchev–Trinajstić information content (AvgIpc) is 2.86. The summed E-state index contributed by atoms with van der Waals surface area (Å²) in [7, 11) is 0. The first-order valence-corrected chi connectivity index (χ1v) is 14.5. The zero-order chi connectivity index (χ0) is 27.9. The molecule has 1 fully saturated rings. The fraction of sp³-hybridized carbons (Fsp3) is 0.481. The van der Waals surface area contributed by atoms with Crippen LogP contribution < -0.4 is 9.62 Å². The van der Waals surface area contributed by atoms with Gasteiger partial charge in [0.2, 0.25) is 0 Å². The third-order valence-electron chi connectivity index (χ3n) is 6.24. The summed E-state index contributed by atoms with van der Waals surface area (Å²) in [6.45, 7) is 6.84. The molecule has 0 radical (unpaired) electrons. The molecular weight excluding hydrogens is 549 g/mol. The lowest BCUT2D eigenvalue weighted by atomic mass is 10.00. The Morgan fingerprint density at radius 2 is 1.87 bits per heavy atom. The van der Waals surface area contributed by atoms with Crippen LogP contribution >= 0.6 is 23.2 Å². The van der Waals surface area contributed by atoms with Gasteiger partial charge in [0.05, 0.1) is 15.7 Å². The lowest BCUT2D eigenvalue weighted by molar-refractivity contribution is 0.00901. The van der Waals surface area contributed by atoms with Crippen molar-refractivity contribution in [3.8, 4) is 0 Å². The van der Waals surface area contributed by atoms with Crippen LogP contribution in [0.4, 0.5) is 10.5 Å². The molecule has 0 bridgehead atoms. The largest absolute Gasteiger partial charge is 0.444 e. The molecule has 2 amide bonds. The van der Waals surface area contributed by atoms with E-state index in [4.69, 9.17) is 27.9 Å². The van der Waals surface area contributed by atoms with Gasteiger partial charge in [-0.1, -0.05) is 35.3 Å². The maximum absolute atomic E-state index is 12.7. The predicted molar refractivity (Wildman–Crippen MR) is 152 cm³/mol. The first-order chi connectivity index (χ1) is 18.0. The minimum atomic E-state index is -2.26. The zero-order valence-corrected chi connectivity index (χ0v) is 24.2. The number of carbonyl (C=O) groups excluding carboxylic acids is 2. The highest BCUT2D eigenvalue weighted by atomic mass is 35.5. The monoisotopic (exact) mass is 583 g/mol. The number of amides is 2. The number of rotatable bonds is 9. The van der Waals surface area contributed by atoms with Crippen LogP contribution in [0, 0.1) is 0 Å². The Kier molecular flexibility index (Phi) is 10.8. The van der Waals surface area contributed by atoms with Crippen LogP contribution in [0.3, 0.4) is 0 Å². The van der Waals surface area contributed by atoms with Crippen LogP contribution in [-0.2, 0) is 22.4 Å². The molecule has 1 aliphatic heterocycles. The van der Waals surface area contributed by atoms with Gasteiger partial charge in [-0.15, -0.1) is 0 Å². The van der Waals surface area contributed by atoms with E-state index >= 15 is 0 Å². The van der Waals surface area contributed by atoms with Crippen LogP contribution in [-0.4, -0.2) is 56.9 Å². The van der Waals surface area contributed by atoms with E-state index in [1.165, 1.54) is 4.31 Å². The molecule has 11 heteroatoms. The minimum absolute atomic E-state index is 0.0161.